The van der Waals surface area contributed by atoms with Gasteiger partial charge in [-0.2, -0.15) is 0 Å². The van der Waals surface area contributed by atoms with Gasteiger partial charge in [0.1, 0.15) is 11.5 Å². The van der Waals surface area contributed by atoms with E-state index >= 15 is 0 Å². The second-order valence-electron chi connectivity index (χ2n) is 7.32. The van der Waals surface area contributed by atoms with E-state index in [4.69, 9.17) is 17.3 Å². The average molecular weight is 466 g/mol. The number of thiophene rings is 1. The smallest absolute Gasteiger partial charge is 0.196 e. The Morgan fingerprint density at radius 2 is 1.65 bits per heavy atom. The lowest BCUT2D eigenvalue weighted by Crippen LogP contribution is -2.46. The van der Waals surface area contributed by atoms with Gasteiger partial charge < -0.3 is 10.6 Å². The molecule has 0 atom stereocenters. The maximum Gasteiger partial charge on any atom is 0.196 e. The zero-order valence-electron chi connectivity index (χ0n) is 16.4. The van der Waals surface area contributed by atoms with Crippen molar-refractivity contribution in [2.24, 2.45) is 0 Å². The van der Waals surface area contributed by atoms with Crippen molar-refractivity contribution >= 4 is 39.4 Å². The summed E-state index contributed by atoms with van der Waals surface area (Å²) in [6, 6.07) is 8.02. The first kappa shape index (κ1) is 21.7. The van der Waals surface area contributed by atoms with Crippen LogP contribution in [0.3, 0.4) is 0 Å². The maximum absolute atomic E-state index is 14.1. The zero-order valence-corrected chi connectivity index (χ0v) is 17.9. The number of nitrogens with zero attached hydrogens (tertiary/aromatic N) is 2. The van der Waals surface area contributed by atoms with E-state index in [2.05, 4.69) is 4.90 Å². The summed E-state index contributed by atoms with van der Waals surface area (Å²) >= 11 is 7.21. The van der Waals surface area contributed by atoms with Crippen LogP contribution in [0.2, 0.25) is 5.02 Å². The molecule has 0 bridgehead atoms. The van der Waals surface area contributed by atoms with Gasteiger partial charge in [-0.25, -0.2) is 13.2 Å². The second-order valence-corrected chi connectivity index (χ2v) is 8.67. The van der Waals surface area contributed by atoms with E-state index in [1.807, 2.05) is 5.38 Å². The van der Waals surface area contributed by atoms with Crippen molar-refractivity contribution in [3.8, 4) is 0 Å². The van der Waals surface area contributed by atoms with E-state index in [1.165, 1.54) is 11.3 Å². The van der Waals surface area contributed by atoms with Gasteiger partial charge in [0.2, 0.25) is 0 Å². The van der Waals surface area contributed by atoms with Crippen molar-refractivity contribution in [1.29, 1.82) is 0 Å². The van der Waals surface area contributed by atoms with Crippen LogP contribution in [0.25, 0.3) is 0 Å². The van der Waals surface area contributed by atoms with Crippen LogP contribution >= 0.6 is 22.9 Å². The summed E-state index contributed by atoms with van der Waals surface area (Å²) in [5, 5.41) is 2.86. The third-order valence-electron chi connectivity index (χ3n) is 5.29. The van der Waals surface area contributed by atoms with E-state index in [0.717, 1.165) is 5.56 Å². The SMILES string of the molecule is Nc1scc(CN2CCN(c3c(F)cc(F)cc3F)CC2)c1C(=O)c1ccc(Cl)cc1. The maximum atomic E-state index is 14.1. The third-order valence-corrected chi connectivity index (χ3v) is 6.41. The summed E-state index contributed by atoms with van der Waals surface area (Å²) in [7, 11) is 0. The van der Waals surface area contributed by atoms with Crippen LogP contribution in [0.15, 0.2) is 41.8 Å². The molecule has 0 aliphatic carbocycles. The van der Waals surface area contributed by atoms with E-state index in [0.29, 0.717) is 66.0 Å². The third kappa shape index (κ3) is 4.56. The number of nitrogen functional groups attached to an aromatic ring is 1. The first-order valence-corrected chi connectivity index (χ1v) is 10.9. The monoisotopic (exact) mass is 465 g/mol. The summed E-state index contributed by atoms with van der Waals surface area (Å²) in [6.45, 7) is 2.30. The molecule has 4 rings (SSSR count). The molecule has 162 valence electrons. The van der Waals surface area contributed by atoms with Gasteiger partial charge in [-0.1, -0.05) is 11.6 Å². The minimum Gasteiger partial charge on any atom is -0.390 e. The number of piperazine rings is 1. The Morgan fingerprint density at radius 1 is 1.03 bits per heavy atom. The molecule has 2 aromatic carbocycles. The van der Waals surface area contributed by atoms with Gasteiger partial charge in [-0.15, -0.1) is 11.3 Å². The fraction of sp³-hybridized carbons (Fsp3) is 0.227. The lowest BCUT2D eigenvalue weighted by molar-refractivity contribution is 0.103. The number of benzene rings is 2. The number of carbonyl (C=O) groups excluding carboxylic acids is 1. The van der Waals surface area contributed by atoms with E-state index < -0.39 is 17.5 Å². The van der Waals surface area contributed by atoms with Crippen molar-refractivity contribution in [1.82, 2.24) is 4.90 Å². The van der Waals surface area contributed by atoms with Crippen LogP contribution in [0, 0.1) is 17.5 Å². The van der Waals surface area contributed by atoms with Gasteiger partial charge in [0.25, 0.3) is 0 Å². The van der Waals surface area contributed by atoms with Crippen molar-refractivity contribution in [3.63, 3.8) is 0 Å². The molecule has 2 N–H and O–H groups in total. The molecule has 1 saturated heterocycles. The van der Waals surface area contributed by atoms with Gasteiger partial charge >= 0.3 is 0 Å². The van der Waals surface area contributed by atoms with Crippen LogP contribution in [0.4, 0.5) is 23.9 Å². The average Bonchev–Trinajstić information content (AvgIpc) is 3.08. The van der Waals surface area contributed by atoms with Crippen LogP contribution in [-0.2, 0) is 6.54 Å². The first-order chi connectivity index (χ1) is 14.8. The zero-order chi connectivity index (χ0) is 22.1. The van der Waals surface area contributed by atoms with Crippen LogP contribution in [0.1, 0.15) is 21.5 Å². The van der Waals surface area contributed by atoms with Crippen LogP contribution in [-0.4, -0.2) is 36.9 Å². The fourth-order valence-corrected chi connectivity index (χ4v) is 4.67. The Labute approximate surface area is 186 Å². The van der Waals surface area contributed by atoms with Crippen molar-refractivity contribution in [2.45, 2.75) is 6.54 Å². The highest BCUT2D eigenvalue weighted by molar-refractivity contribution is 7.14. The highest BCUT2D eigenvalue weighted by Gasteiger charge is 2.25. The molecule has 1 aromatic heterocycles. The first-order valence-electron chi connectivity index (χ1n) is 9.61. The molecule has 0 radical (unpaired) electrons. The van der Waals surface area contributed by atoms with Crippen molar-refractivity contribution in [3.05, 3.63) is 80.9 Å². The molecule has 0 unspecified atom stereocenters. The highest BCUT2D eigenvalue weighted by atomic mass is 35.5. The lowest BCUT2D eigenvalue weighted by Gasteiger charge is -2.36. The van der Waals surface area contributed by atoms with Crippen molar-refractivity contribution in [2.75, 3.05) is 36.8 Å². The number of halogens is 4. The largest absolute Gasteiger partial charge is 0.390 e. The Hall–Kier alpha value is -2.55. The normalized spacial score (nSPS) is 14.8. The fourth-order valence-electron chi connectivity index (χ4n) is 3.74. The molecular formula is C22H19ClF3N3OS. The standard InChI is InChI=1S/C22H19ClF3N3OS/c23-15-3-1-13(2-4-15)21(30)19-14(12-31-22(19)27)11-28-5-7-29(8-6-28)20-17(25)9-16(24)10-18(20)26/h1-4,9-10,12H,5-8,11,27H2. The molecule has 0 saturated carbocycles. The Balaban J connectivity index is 1.46. The lowest BCUT2D eigenvalue weighted by atomic mass is 10.0. The van der Waals surface area contributed by atoms with E-state index in [9.17, 15) is 18.0 Å². The van der Waals surface area contributed by atoms with Gasteiger partial charge in [-0.05, 0) is 35.2 Å². The molecular weight excluding hydrogens is 447 g/mol. The molecule has 0 spiro atoms. The van der Waals surface area contributed by atoms with E-state index in [-0.39, 0.29) is 11.5 Å². The van der Waals surface area contributed by atoms with Gasteiger partial charge in [-0.3, -0.25) is 9.69 Å². The molecule has 9 heteroatoms. The Bertz CT molecular complexity index is 1090. The number of carbonyl (C=O) groups is 1. The second kappa shape index (κ2) is 8.90. The number of nitrogens with two attached hydrogens (primary N) is 1. The van der Waals surface area contributed by atoms with Gasteiger partial charge in [0.15, 0.2) is 17.4 Å². The summed E-state index contributed by atoms with van der Waals surface area (Å²) in [4.78, 5) is 16.6. The molecule has 4 nitrogen and oxygen atoms in total. The van der Waals surface area contributed by atoms with Crippen LogP contribution < -0.4 is 10.6 Å². The minimum absolute atomic E-state index is 0.167. The van der Waals surface area contributed by atoms with Gasteiger partial charge in [0.05, 0.1) is 10.6 Å². The van der Waals surface area contributed by atoms with Crippen LogP contribution in [0.5, 0.6) is 0 Å². The summed E-state index contributed by atoms with van der Waals surface area (Å²) in [5.41, 5.74) is 7.67. The Morgan fingerprint density at radius 3 is 2.26 bits per heavy atom. The number of ketones is 1. The Kier molecular flexibility index (Phi) is 6.22. The number of hydrogen-bond acceptors (Lipinski definition) is 5. The molecule has 1 fully saturated rings. The van der Waals surface area contributed by atoms with Crippen molar-refractivity contribution < 1.29 is 18.0 Å². The quantitative estimate of drug-likeness (QED) is 0.541. The number of rotatable bonds is 5. The molecule has 2 heterocycles. The summed E-state index contributed by atoms with van der Waals surface area (Å²) in [5.74, 6) is -2.93. The van der Waals surface area contributed by atoms with Gasteiger partial charge in [0, 0.05) is 55.4 Å². The van der Waals surface area contributed by atoms with E-state index in [1.54, 1.807) is 29.2 Å². The number of anilines is 2. The minimum atomic E-state index is -0.940. The molecule has 31 heavy (non-hydrogen) atoms. The molecule has 3 aromatic rings. The predicted molar refractivity (Wildman–Crippen MR) is 117 cm³/mol. The molecule has 0 amide bonds. The topological polar surface area (TPSA) is 49.6 Å². The molecule has 1 aliphatic heterocycles. The number of hydrogen-bond donors (Lipinski definition) is 1. The highest BCUT2D eigenvalue weighted by Crippen LogP contribution is 2.30. The predicted octanol–water partition coefficient (Wildman–Crippen LogP) is 4.95. The summed E-state index contributed by atoms with van der Waals surface area (Å²) < 4.78 is 41.3. The molecule has 1 aliphatic rings. The summed E-state index contributed by atoms with van der Waals surface area (Å²) in [6.07, 6.45) is 0.